The van der Waals surface area contributed by atoms with Gasteiger partial charge in [-0.1, -0.05) is 0 Å². The average molecular weight is 262 g/mol. The van der Waals surface area contributed by atoms with E-state index in [0.717, 1.165) is 6.54 Å². The molecule has 0 rings (SSSR count). The number of thiocarbonyl (C=S) groups is 2. The van der Waals surface area contributed by atoms with Gasteiger partial charge in [-0.3, -0.25) is 0 Å². The molecule has 0 saturated heterocycles. The topological polar surface area (TPSA) is 76.1 Å². The summed E-state index contributed by atoms with van der Waals surface area (Å²) in [5.74, 6) is 0. The molecule has 15 heavy (non-hydrogen) atoms. The number of nitrogens with one attached hydrogen (secondary N) is 2. The highest BCUT2D eigenvalue weighted by Gasteiger charge is 2.26. The Balaban J connectivity index is 0. The Morgan fingerprint density at radius 3 is 1.60 bits per heavy atom. The fourth-order valence-corrected chi connectivity index (χ4v) is 0.578. The van der Waals surface area contributed by atoms with Crippen LogP contribution >= 0.6 is 24.4 Å². The zero-order valence-electron chi connectivity index (χ0n) is 8.02. The number of hydrogen-bond donors (Lipinski definition) is 4. The number of halogens is 3. The van der Waals surface area contributed by atoms with Gasteiger partial charge in [0.1, 0.15) is 6.54 Å². The summed E-state index contributed by atoms with van der Waals surface area (Å²) in [4.78, 5) is 0. The highest BCUT2D eigenvalue weighted by atomic mass is 32.1. The third-order valence-electron chi connectivity index (χ3n) is 0.814. The van der Waals surface area contributed by atoms with Gasteiger partial charge in [0.15, 0.2) is 10.2 Å². The van der Waals surface area contributed by atoms with Gasteiger partial charge in [0, 0.05) is 6.54 Å². The summed E-state index contributed by atoms with van der Waals surface area (Å²) in [6.07, 6.45) is -4.25. The zero-order chi connectivity index (χ0) is 12.5. The summed E-state index contributed by atoms with van der Waals surface area (Å²) in [6.45, 7) is 1.59. The van der Waals surface area contributed by atoms with Crippen LogP contribution in [0.5, 0.6) is 0 Å². The van der Waals surface area contributed by atoms with Crippen LogP contribution in [-0.4, -0.2) is 29.5 Å². The summed E-state index contributed by atoms with van der Waals surface area (Å²) in [7, 11) is 0. The van der Waals surface area contributed by atoms with Crippen LogP contribution < -0.4 is 22.1 Å². The highest BCUT2D eigenvalue weighted by molar-refractivity contribution is 7.80. The van der Waals surface area contributed by atoms with Crippen molar-refractivity contribution in [3.05, 3.63) is 0 Å². The molecule has 90 valence electrons. The first-order valence-electron chi connectivity index (χ1n) is 3.82. The standard InChI is InChI=1S/C3H5F3N2S.C3H8N2S/c4-3(5,6)1-8-2(7)9;1-2-5-3(4)6/h1H2,(H3,7,8,9);2H2,1H3,(H3,4,5,6). The van der Waals surface area contributed by atoms with Crippen molar-refractivity contribution < 1.29 is 13.2 Å². The van der Waals surface area contributed by atoms with E-state index in [1.807, 2.05) is 6.92 Å². The number of nitrogens with two attached hydrogens (primary N) is 2. The minimum absolute atomic E-state index is 0.340. The number of hydrogen-bond acceptors (Lipinski definition) is 2. The molecule has 0 fully saturated rings. The van der Waals surface area contributed by atoms with Crippen molar-refractivity contribution in [2.75, 3.05) is 13.1 Å². The summed E-state index contributed by atoms with van der Waals surface area (Å²) < 4.78 is 33.7. The van der Waals surface area contributed by atoms with Crippen LogP contribution in [0.1, 0.15) is 6.92 Å². The molecule has 0 heterocycles. The van der Waals surface area contributed by atoms with E-state index < -0.39 is 12.7 Å². The number of alkyl halides is 3. The zero-order valence-corrected chi connectivity index (χ0v) is 9.65. The summed E-state index contributed by atoms with van der Waals surface area (Å²) >= 11 is 8.59. The van der Waals surface area contributed by atoms with Crippen molar-refractivity contribution in [3.8, 4) is 0 Å². The Morgan fingerprint density at radius 1 is 1.13 bits per heavy atom. The fourth-order valence-electron chi connectivity index (χ4n) is 0.362. The second-order valence-corrected chi connectivity index (χ2v) is 3.11. The van der Waals surface area contributed by atoms with E-state index in [0.29, 0.717) is 5.11 Å². The van der Waals surface area contributed by atoms with Crippen molar-refractivity contribution in [1.82, 2.24) is 10.6 Å². The molecule has 0 aromatic rings. The largest absolute Gasteiger partial charge is 0.405 e. The maximum atomic E-state index is 11.2. The second-order valence-electron chi connectivity index (χ2n) is 2.23. The van der Waals surface area contributed by atoms with Crippen LogP contribution in [-0.2, 0) is 0 Å². The van der Waals surface area contributed by atoms with Gasteiger partial charge in [0.25, 0.3) is 0 Å². The van der Waals surface area contributed by atoms with Crippen LogP contribution in [0.25, 0.3) is 0 Å². The molecule has 0 spiro atoms. The predicted molar refractivity (Wildman–Crippen MR) is 61.3 cm³/mol. The van der Waals surface area contributed by atoms with Crippen molar-refractivity contribution >= 4 is 34.7 Å². The summed E-state index contributed by atoms with van der Waals surface area (Å²) in [5.41, 5.74) is 9.74. The first-order valence-corrected chi connectivity index (χ1v) is 4.64. The Kier molecular flexibility index (Phi) is 9.38. The van der Waals surface area contributed by atoms with Gasteiger partial charge in [-0.25, -0.2) is 0 Å². The molecule has 0 bridgehead atoms. The van der Waals surface area contributed by atoms with Crippen LogP contribution in [0.4, 0.5) is 13.2 Å². The lowest BCUT2D eigenvalue weighted by molar-refractivity contribution is -0.121. The third-order valence-corrected chi connectivity index (χ3v) is 1.10. The van der Waals surface area contributed by atoms with Gasteiger partial charge >= 0.3 is 6.18 Å². The number of rotatable bonds is 2. The Labute approximate surface area is 96.6 Å². The predicted octanol–water partition coefficient (Wildman–Crippen LogP) is 0.221. The lowest BCUT2D eigenvalue weighted by Gasteiger charge is -2.06. The van der Waals surface area contributed by atoms with E-state index in [1.165, 1.54) is 0 Å². The van der Waals surface area contributed by atoms with Crippen molar-refractivity contribution in [1.29, 1.82) is 0 Å². The lowest BCUT2D eigenvalue weighted by atomic mass is 10.6. The molecule has 0 amide bonds. The molecule has 0 aromatic heterocycles. The van der Waals surface area contributed by atoms with Gasteiger partial charge in [0.05, 0.1) is 0 Å². The second kappa shape index (κ2) is 8.48. The Hall–Kier alpha value is -0.830. The average Bonchev–Trinajstić information content (AvgIpc) is 2.00. The van der Waals surface area contributed by atoms with Crippen molar-refractivity contribution in [3.63, 3.8) is 0 Å². The molecular formula is C6H13F3N4S2. The molecule has 9 heteroatoms. The highest BCUT2D eigenvalue weighted by Crippen LogP contribution is 2.11. The molecule has 4 nitrogen and oxygen atoms in total. The van der Waals surface area contributed by atoms with Crippen LogP contribution in [0.2, 0.25) is 0 Å². The van der Waals surface area contributed by atoms with Gasteiger partial charge in [0.2, 0.25) is 0 Å². The van der Waals surface area contributed by atoms with Gasteiger partial charge in [-0.15, -0.1) is 0 Å². The molecule has 0 aromatic carbocycles. The molecule has 0 aliphatic rings. The minimum Gasteiger partial charge on any atom is -0.376 e. The van der Waals surface area contributed by atoms with Gasteiger partial charge in [-0.05, 0) is 31.4 Å². The van der Waals surface area contributed by atoms with E-state index in [9.17, 15) is 13.2 Å². The first kappa shape index (κ1) is 16.6. The maximum absolute atomic E-state index is 11.2. The van der Waals surface area contributed by atoms with E-state index in [2.05, 4.69) is 29.8 Å². The van der Waals surface area contributed by atoms with Crippen molar-refractivity contribution in [2.24, 2.45) is 11.5 Å². The Morgan fingerprint density at radius 2 is 1.53 bits per heavy atom. The van der Waals surface area contributed by atoms with E-state index in [-0.39, 0.29) is 5.11 Å². The molecule has 0 atom stereocenters. The quantitative estimate of drug-likeness (QED) is 0.534. The maximum Gasteiger partial charge on any atom is 0.405 e. The molecule has 0 saturated carbocycles. The van der Waals surface area contributed by atoms with Gasteiger partial charge < -0.3 is 22.1 Å². The van der Waals surface area contributed by atoms with Crippen LogP contribution in [0, 0.1) is 0 Å². The third kappa shape index (κ3) is 24.6. The molecular weight excluding hydrogens is 249 g/mol. The smallest absolute Gasteiger partial charge is 0.376 e. The minimum atomic E-state index is -4.25. The van der Waals surface area contributed by atoms with Gasteiger partial charge in [-0.2, -0.15) is 13.2 Å². The summed E-state index contributed by atoms with van der Waals surface area (Å²) in [5, 5.41) is 4.52. The molecule has 6 N–H and O–H groups in total. The summed E-state index contributed by atoms with van der Waals surface area (Å²) in [6, 6.07) is 0. The monoisotopic (exact) mass is 262 g/mol. The molecule has 0 aliphatic heterocycles. The van der Waals surface area contributed by atoms with E-state index >= 15 is 0 Å². The fraction of sp³-hybridized carbons (Fsp3) is 0.667. The first-order chi connectivity index (χ1) is 6.69. The Bertz CT molecular complexity index is 207. The van der Waals surface area contributed by atoms with Crippen LogP contribution in [0.3, 0.4) is 0 Å². The molecule has 0 unspecified atom stereocenters. The lowest BCUT2D eigenvalue weighted by Crippen LogP contribution is -2.36. The van der Waals surface area contributed by atoms with Crippen LogP contribution in [0.15, 0.2) is 0 Å². The van der Waals surface area contributed by atoms with E-state index in [4.69, 9.17) is 11.5 Å². The molecule has 0 radical (unpaired) electrons. The molecule has 0 aliphatic carbocycles. The van der Waals surface area contributed by atoms with E-state index in [1.54, 1.807) is 5.32 Å². The SMILES string of the molecule is CCNC(N)=S.NC(=S)NCC(F)(F)F. The normalized spacial score (nSPS) is 9.60. The van der Waals surface area contributed by atoms with Crippen molar-refractivity contribution in [2.45, 2.75) is 13.1 Å².